The second-order valence-corrected chi connectivity index (χ2v) is 9.33. The van der Waals surface area contributed by atoms with Crippen LogP contribution in [-0.2, 0) is 27.7 Å². The molecule has 1 aromatic carbocycles. The van der Waals surface area contributed by atoms with Crippen LogP contribution in [0.4, 0.5) is 16.5 Å². The molecule has 10 heteroatoms. The topological polar surface area (TPSA) is 84.4 Å². The van der Waals surface area contributed by atoms with E-state index in [-0.39, 0.29) is 12.1 Å². The summed E-state index contributed by atoms with van der Waals surface area (Å²) in [4.78, 5) is 26.8. The number of likely N-dealkylation sites (N-methyl/N-ethyl adjacent to an activating group) is 2. The van der Waals surface area contributed by atoms with Crippen LogP contribution in [0.25, 0.3) is 0 Å². The predicted molar refractivity (Wildman–Crippen MR) is 124 cm³/mol. The third kappa shape index (κ3) is 6.83. The van der Waals surface area contributed by atoms with Crippen LogP contribution in [0.5, 0.6) is 0 Å². The summed E-state index contributed by atoms with van der Waals surface area (Å²) >= 11 is 1.20. The van der Waals surface area contributed by atoms with Crippen LogP contribution in [-0.4, -0.2) is 71.4 Å². The Balaban J connectivity index is 2.22. The Kier molecular flexibility index (Phi) is 8.85. The zero-order chi connectivity index (χ0) is 23.9. The minimum atomic E-state index is -0.540. The number of benzene rings is 1. The molecule has 0 aliphatic heterocycles. The molecule has 0 unspecified atom stereocenters. The summed E-state index contributed by atoms with van der Waals surface area (Å²) in [5.74, 6) is -0.983. The number of rotatable bonds is 10. The SMILES string of the molecule is CCN(CC[N+](C)(C)C)c1ccc(/N=N/c2sc(CC(=O)OC)c(C(=O)OC)[n+]2C)cc1. The molecule has 2 aromatic rings. The fourth-order valence-electron chi connectivity index (χ4n) is 2.99. The zero-order valence-corrected chi connectivity index (χ0v) is 20.7. The van der Waals surface area contributed by atoms with Gasteiger partial charge in [-0.25, -0.2) is 9.36 Å². The quantitative estimate of drug-likeness (QED) is 0.234. The zero-order valence-electron chi connectivity index (χ0n) is 19.9. The van der Waals surface area contributed by atoms with Crippen LogP contribution in [0.3, 0.4) is 0 Å². The van der Waals surface area contributed by atoms with Gasteiger partial charge in [-0.15, -0.1) is 0 Å². The summed E-state index contributed by atoms with van der Waals surface area (Å²) in [5.41, 5.74) is 2.09. The van der Waals surface area contributed by atoms with E-state index in [1.54, 1.807) is 11.6 Å². The molecule has 0 amide bonds. The average Bonchev–Trinajstić information content (AvgIpc) is 3.06. The number of azo groups is 1. The Morgan fingerprint density at radius 2 is 1.75 bits per heavy atom. The van der Waals surface area contributed by atoms with Gasteiger partial charge in [0.05, 0.1) is 71.9 Å². The van der Waals surface area contributed by atoms with Crippen molar-refractivity contribution in [2.24, 2.45) is 17.3 Å². The van der Waals surface area contributed by atoms with E-state index in [0.29, 0.717) is 15.7 Å². The molecule has 0 aliphatic rings. The summed E-state index contributed by atoms with van der Waals surface area (Å²) in [7, 11) is 10.8. The van der Waals surface area contributed by atoms with Gasteiger partial charge in [-0.1, -0.05) is 0 Å². The van der Waals surface area contributed by atoms with Gasteiger partial charge < -0.3 is 18.9 Å². The molecular formula is C22H33N5O4S+2. The smallest absolute Gasteiger partial charge is 0.409 e. The number of ether oxygens (including phenoxy) is 2. The van der Waals surface area contributed by atoms with E-state index in [9.17, 15) is 9.59 Å². The first kappa shape index (κ1) is 25.4. The minimum absolute atomic E-state index is 0.0379. The standard InChI is InChI=1S/C22H33N5O4S/c1-8-26(13-14-27(3,4)5)17-11-9-16(10-12-17)23-24-22-25(2)20(21(29)31-7)18(32-22)15-19(28)30-6/h9-12H,8,13-15H2,1-7H3/q+2. The lowest BCUT2D eigenvalue weighted by Crippen LogP contribution is -2.42. The molecule has 32 heavy (non-hydrogen) atoms. The van der Waals surface area contributed by atoms with Crippen molar-refractivity contribution >= 4 is 39.8 Å². The van der Waals surface area contributed by atoms with Crippen molar-refractivity contribution in [3.8, 4) is 0 Å². The van der Waals surface area contributed by atoms with Gasteiger partial charge in [0.1, 0.15) is 5.69 Å². The number of methoxy groups -OCH3 is 2. The molecule has 0 fully saturated rings. The Hall–Kier alpha value is -2.85. The lowest BCUT2D eigenvalue weighted by molar-refractivity contribution is -0.868. The third-order valence-corrected chi connectivity index (χ3v) is 6.02. The van der Waals surface area contributed by atoms with E-state index in [2.05, 4.69) is 43.2 Å². The fraction of sp³-hybridized carbons (Fsp3) is 0.500. The summed E-state index contributed by atoms with van der Waals surface area (Å²) < 4.78 is 12.1. The average molecular weight is 464 g/mol. The molecule has 0 aliphatic carbocycles. The number of esters is 2. The van der Waals surface area contributed by atoms with Crippen LogP contribution in [0, 0.1) is 0 Å². The van der Waals surface area contributed by atoms with Crippen LogP contribution < -0.4 is 9.47 Å². The van der Waals surface area contributed by atoms with Crippen LogP contribution in [0.2, 0.25) is 0 Å². The van der Waals surface area contributed by atoms with Gasteiger partial charge in [-0.05, 0) is 47.6 Å². The second kappa shape index (κ2) is 11.1. The van der Waals surface area contributed by atoms with Gasteiger partial charge in [0, 0.05) is 12.2 Å². The molecule has 1 aromatic heterocycles. The minimum Gasteiger partial charge on any atom is -0.469 e. The summed E-state index contributed by atoms with van der Waals surface area (Å²) in [6.07, 6.45) is -0.0379. The molecule has 0 N–H and O–H groups in total. The van der Waals surface area contributed by atoms with Gasteiger partial charge in [-0.2, -0.15) is 0 Å². The van der Waals surface area contributed by atoms with E-state index < -0.39 is 11.9 Å². The van der Waals surface area contributed by atoms with Gasteiger partial charge in [0.2, 0.25) is 5.69 Å². The maximum atomic E-state index is 12.2. The van der Waals surface area contributed by atoms with E-state index in [4.69, 9.17) is 9.47 Å². The summed E-state index contributed by atoms with van der Waals surface area (Å²) in [6.45, 7) is 5.07. The molecule has 0 atom stereocenters. The van der Waals surface area contributed by atoms with E-state index in [1.807, 2.05) is 24.3 Å². The van der Waals surface area contributed by atoms with E-state index >= 15 is 0 Å². The van der Waals surface area contributed by atoms with Crippen molar-refractivity contribution in [3.05, 3.63) is 34.8 Å². The van der Waals surface area contributed by atoms with Crippen molar-refractivity contribution in [3.63, 3.8) is 0 Å². The van der Waals surface area contributed by atoms with E-state index in [0.717, 1.165) is 29.8 Å². The normalized spacial score (nSPS) is 11.6. The predicted octanol–water partition coefficient (Wildman–Crippen LogP) is 3.02. The van der Waals surface area contributed by atoms with Crippen LogP contribution in [0.1, 0.15) is 22.3 Å². The molecular weight excluding hydrogens is 430 g/mol. The molecule has 174 valence electrons. The Bertz CT molecular complexity index is 964. The first-order valence-electron chi connectivity index (χ1n) is 10.3. The number of carbonyl (C=O) groups is 2. The largest absolute Gasteiger partial charge is 0.469 e. The Morgan fingerprint density at radius 1 is 1.09 bits per heavy atom. The third-order valence-electron chi connectivity index (χ3n) is 4.90. The van der Waals surface area contributed by atoms with Gasteiger partial charge in [-0.3, -0.25) is 4.79 Å². The molecule has 0 spiro atoms. The molecule has 1 heterocycles. The Morgan fingerprint density at radius 3 is 2.28 bits per heavy atom. The van der Waals surface area contributed by atoms with Gasteiger partial charge >= 0.3 is 17.1 Å². The molecule has 0 bridgehead atoms. The van der Waals surface area contributed by atoms with Gasteiger partial charge in [0.15, 0.2) is 0 Å². The lowest BCUT2D eigenvalue weighted by atomic mass is 10.2. The van der Waals surface area contributed by atoms with Crippen molar-refractivity contribution in [1.82, 2.24) is 0 Å². The van der Waals surface area contributed by atoms with Crippen molar-refractivity contribution in [2.45, 2.75) is 13.3 Å². The fourth-order valence-corrected chi connectivity index (χ4v) is 4.03. The van der Waals surface area contributed by atoms with Crippen molar-refractivity contribution < 1.29 is 28.1 Å². The first-order valence-corrected chi connectivity index (χ1v) is 11.1. The highest BCUT2D eigenvalue weighted by Crippen LogP contribution is 2.27. The number of hydrogen-bond donors (Lipinski definition) is 0. The second-order valence-electron chi connectivity index (χ2n) is 8.27. The number of nitrogens with zero attached hydrogens (tertiary/aromatic N) is 5. The number of thiazole rings is 1. The highest BCUT2D eigenvalue weighted by atomic mass is 32.1. The van der Waals surface area contributed by atoms with Gasteiger partial charge in [0.25, 0.3) is 0 Å². The maximum absolute atomic E-state index is 12.2. The monoisotopic (exact) mass is 463 g/mol. The van der Waals surface area contributed by atoms with Crippen LogP contribution in [0.15, 0.2) is 34.5 Å². The van der Waals surface area contributed by atoms with Crippen molar-refractivity contribution in [1.29, 1.82) is 0 Å². The summed E-state index contributed by atoms with van der Waals surface area (Å²) in [6, 6.07) is 7.89. The number of anilines is 1. The number of quaternary nitrogens is 1. The number of carbonyl (C=O) groups excluding carboxylic acids is 2. The van der Waals surface area contributed by atoms with Crippen LogP contribution >= 0.6 is 11.3 Å². The molecule has 2 rings (SSSR count). The molecule has 0 saturated heterocycles. The first-order chi connectivity index (χ1) is 15.1. The number of aromatic nitrogens is 1. The highest BCUT2D eigenvalue weighted by molar-refractivity contribution is 7.15. The lowest BCUT2D eigenvalue weighted by Gasteiger charge is -2.29. The number of hydrogen-bond acceptors (Lipinski definition) is 8. The Labute approximate surface area is 193 Å². The maximum Gasteiger partial charge on any atom is 0.409 e. The van der Waals surface area contributed by atoms with Crippen molar-refractivity contribution in [2.75, 3.05) is 59.9 Å². The molecule has 9 nitrogen and oxygen atoms in total. The summed E-state index contributed by atoms with van der Waals surface area (Å²) in [5, 5.41) is 9.09. The highest BCUT2D eigenvalue weighted by Gasteiger charge is 2.30. The molecule has 0 saturated carbocycles. The van der Waals surface area contributed by atoms with E-state index in [1.165, 1.54) is 25.6 Å². The molecule has 0 radical (unpaired) electrons.